The van der Waals surface area contributed by atoms with Crippen LogP contribution in [0.1, 0.15) is 0 Å². The molecule has 14 heavy (non-hydrogen) atoms. The fourth-order valence-electron chi connectivity index (χ4n) is 1.39. The summed E-state index contributed by atoms with van der Waals surface area (Å²) in [4.78, 5) is 2.81. The van der Waals surface area contributed by atoms with E-state index in [4.69, 9.17) is 5.39 Å². The highest BCUT2D eigenvalue weighted by molar-refractivity contribution is 5.97. The first kappa shape index (κ1) is 8.32. The van der Waals surface area contributed by atoms with Gasteiger partial charge in [0.1, 0.15) is 5.75 Å². The quantitative estimate of drug-likeness (QED) is 0.640. The summed E-state index contributed by atoms with van der Waals surface area (Å²) >= 11 is 0. The third-order valence-electron chi connectivity index (χ3n) is 2.06. The van der Waals surface area contributed by atoms with Gasteiger partial charge in [-0.15, -0.1) is 0 Å². The molecule has 68 valence electrons. The van der Waals surface area contributed by atoms with Crippen molar-refractivity contribution in [2.45, 2.75) is 0 Å². The first-order chi connectivity index (χ1) is 6.74. The molecule has 0 radical (unpaired) electrons. The van der Waals surface area contributed by atoms with Gasteiger partial charge in [0.15, 0.2) is 4.98 Å². The Morgan fingerprint density at radius 2 is 1.86 bits per heavy atom. The van der Waals surface area contributed by atoms with Crippen LogP contribution in [0.25, 0.3) is 15.7 Å². The summed E-state index contributed by atoms with van der Waals surface area (Å²) in [6.07, 6.45) is 0. The molecule has 4 nitrogen and oxygen atoms in total. The van der Waals surface area contributed by atoms with Gasteiger partial charge in [0.25, 0.3) is 0 Å². The summed E-state index contributed by atoms with van der Waals surface area (Å²) in [5.41, 5.74) is -0.152. The molecule has 4 heteroatoms. The minimum atomic E-state index is -0.388. The minimum Gasteiger partial charge on any atom is -0.867 e. The van der Waals surface area contributed by atoms with Crippen LogP contribution in [-0.2, 0) is 0 Å². The van der Waals surface area contributed by atoms with Crippen molar-refractivity contribution in [3.05, 3.63) is 35.3 Å². The third kappa shape index (κ3) is 1.04. The molecule has 0 bridgehead atoms. The number of phenols is 1. The molecule has 0 aromatic heterocycles. The molecule has 0 aliphatic rings. The number of nitrogens with zero attached hydrogens (tertiary/aromatic N) is 2. The number of hydrogen-bond donors (Lipinski definition) is 1. The van der Waals surface area contributed by atoms with Gasteiger partial charge >= 0.3 is 5.69 Å². The second-order valence-corrected chi connectivity index (χ2v) is 2.89. The summed E-state index contributed by atoms with van der Waals surface area (Å²) in [5, 5.41) is 30.4. The fourth-order valence-corrected chi connectivity index (χ4v) is 1.39. The molecule has 2 rings (SSSR count). The third-order valence-corrected chi connectivity index (χ3v) is 2.06. The second-order valence-electron chi connectivity index (χ2n) is 2.89. The molecule has 0 saturated heterocycles. The number of phenolic OH excluding ortho intramolecular Hbond substituents is 1. The van der Waals surface area contributed by atoms with Gasteiger partial charge in [-0.25, -0.2) is 0 Å². The van der Waals surface area contributed by atoms with Crippen LogP contribution in [0.3, 0.4) is 0 Å². The summed E-state index contributed by atoms with van der Waals surface area (Å²) in [6.45, 7) is 0. The maximum absolute atomic E-state index is 11.5. The van der Waals surface area contributed by atoms with Crippen LogP contribution in [0.2, 0.25) is 0 Å². The Kier molecular flexibility index (Phi) is 1.72. The zero-order chi connectivity index (χ0) is 10.1. The average Bonchev–Trinajstić information content (AvgIpc) is 2.23. The van der Waals surface area contributed by atoms with Crippen molar-refractivity contribution in [3.8, 4) is 11.5 Å². The normalized spacial score (nSPS) is 9.93. The zero-order valence-electron chi connectivity index (χ0n) is 7.14. The number of fused-ring (bicyclic) bond motifs is 1. The van der Waals surface area contributed by atoms with Crippen molar-refractivity contribution >= 4 is 16.5 Å². The molecule has 0 aliphatic carbocycles. The molecule has 1 N–H and O–H groups in total. The molecule has 0 unspecified atom stereocenters. The Balaban J connectivity index is 2.96. The van der Waals surface area contributed by atoms with E-state index in [9.17, 15) is 10.2 Å². The highest BCUT2D eigenvalue weighted by atomic mass is 16.3. The topological polar surface area (TPSA) is 71.4 Å². The summed E-state index contributed by atoms with van der Waals surface area (Å²) in [5.74, 6) is -0.450. The monoisotopic (exact) mass is 186 g/mol. The van der Waals surface area contributed by atoms with Gasteiger partial charge in [-0.2, -0.15) is 0 Å². The Labute approximate surface area is 79.7 Å². The number of rotatable bonds is 0. The SMILES string of the molecule is N#[N+]c1cc(O)c2ccccc2c1[O-]. The molecule has 0 spiro atoms. The minimum absolute atomic E-state index is 0.0620. The molecule has 2 aromatic rings. The molecule has 0 heterocycles. The fraction of sp³-hybridized carbons (Fsp3) is 0. The average molecular weight is 186 g/mol. The van der Waals surface area contributed by atoms with Gasteiger partial charge in [0.05, 0.1) is 6.07 Å². The lowest BCUT2D eigenvalue weighted by Crippen LogP contribution is -1.91. The number of hydrogen-bond acceptors (Lipinski definition) is 3. The van der Waals surface area contributed by atoms with Crippen molar-refractivity contribution in [1.82, 2.24) is 0 Å². The van der Waals surface area contributed by atoms with Gasteiger partial charge in [-0.05, 0) is 11.1 Å². The van der Waals surface area contributed by atoms with Crippen molar-refractivity contribution in [1.29, 1.82) is 5.39 Å². The molecule has 2 aromatic carbocycles. The van der Waals surface area contributed by atoms with Crippen molar-refractivity contribution in [2.75, 3.05) is 0 Å². The van der Waals surface area contributed by atoms with Crippen LogP contribution >= 0.6 is 0 Å². The Bertz CT molecular complexity index is 544. The summed E-state index contributed by atoms with van der Waals surface area (Å²) in [7, 11) is 0. The summed E-state index contributed by atoms with van der Waals surface area (Å²) < 4.78 is 0. The number of benzene rings is 2. The Hall–Kier alpha value is -2.28. The lowest BCUT2D eigenvalue weighted by molar-refractivity contribution is -0.264. The lowest BCUT2D eigenvalue weighted by Gasteiger charge is -2.07. The van der Waals surface area contributed by atoms with E-state index < -0.39 is 0 Å². The van der Waals surface area contributed by atoms with Crippen LogP contribution in [0, 0.1) is 5.39 Å². The van der Waals surface area contributed by atoms with Crippen LogP contribution in [0.15, 0.2) is 30.3 Å². The summed E-state index contributed by atoms with van der Waals surface area (Å²) in [6, 6.07) is 7.76. The van der Waals surface area contributed by atoms with Gasteiger partial charge in [-0.1, -0.05) is 24.3 Å². The Morgan fingerprint density at radius 3 is 2.50 bits per heavy atom. The van der Waals surface area contributed by atoms with Crippen LogP contribution in [0.4, 0.5) is 5.69 Å². The first-order valence-electron chi connectivity index (χ1n) is 4.01. The standard InChI is InChI=1S/C10H6N2O2/c11-12-8-5-9(13)6-3-1-2-4-7(6)10(8)14/h1-5,11H. The van der Waals surface area contributed by atoms with E-state index in [1.165, 1.54) is 0 Å². The maximum atomic E-state index is 11.5. The first-order valence-corrected chi connectivity index (χ1v) is 4.01. The highest BCUT2D eigenvalue weighted by Crippen LogP contribution is 2.38. The van der Waals surface area contributed by atoms with E-state index in [0.717, 1.165) is 6.07 Å². The van der Waals surface area contributed by atoms with Crippen molar-refractivity contribution in [2.24, 2.45) is 0 Å². The lowest BCUT2D eigenvalue weighted by atomic mass is 10.1. The maximum Gasteiger partial charge on any atom is 0.381 e. The van der Waals surface area contributed by atoms with E-state index in [1.807, 2.05) is 0 Å². The van der Waals surface area contributed by atoms with Gasteiger partial charge in [-0.3, -0.25) is 0 Å². The number of diazo groups is 1. The molecule has 0 atom stereocenters. The predicted molar refractivity (Wildman–Crippen MR) is 49.8 cm³/mol. The molecule has 0 fully saturated rings. The molecular weight excluding hydrogens is 180 g/mol. The van der Waals surface area contributed by atoms with Crippen molar-refractivity contribution < 1.29 is 10.2 Å². The largest absolute Gasteiger partial charge is 0.867 e. The zero-order valence-corrected chi connectivity index (χ0v) is 7.14. The van der Waals surface area contributed by atoms with E-state index >= 15 is 0 Å². The number of aromatic hydroxyl groups is 1. The van der Waals surface area contributed by atoms with Crippen molar-refractivity contribution in [3.63, 3.8) is 0 Å². The van der Waals surface area contributed by atoms with E-state index in [-0.39, 0.29) is 17.2 Å². The molecule has 0 saturated carbocycles. The van der Waals surface area contributed by atoms with E-state index in [2.05, 4.69) is 4.98 Å². The van der Waals surface area contributed by atoms with Gasteiger partial charge in [0.2, 0.25) is 5.39 Å². The van der Waals surface area contributed by atoms with E-state index in [1.54, 1.807) is 24.3 Å². The highest BCUT2D eigenvalue weighted by Gasteiger charge is 2.12. The van der Waals surface area contributed by atoms with Crippen LogP contribution < -0.4 is 5.11 Å². The second kappa shape index (κ2) is 2.89. The molecule has 0 aliphatic heterocycles. The van der Waals surface area contributed by atoms with Crippen LogP contribution in [0.5, 0.6) is 11.5 Å². The van der Waals surface area contributed by atoms with Crippen LogP contribution in [-0.4, -0.2) is 5.11 Å². The molecule has 0 amide bonds. The Morgan fingerprint density at radius 1 is 1.21 bits per heavy atom. The smallest absolute Gasteiger partial charge is 0.381 e. The molecular formula is C10H6N2O2. The van der Waals surface area contributed by atoms with Gasteiger partial charge < -0.3 is 10.2 Å². The van der Waals surface area contributed by atoms with Gasteiger partial charge in [0, 0.05) is 5.39 Å². The van der Waals surface area contributed by atoms with E-state index in [0.29, 0.717) is 10.8 Å². The predicted octanol–water partition coefficient (Wildman–Crippen LogP) is 2.10.